The number of piperidine rings is 1. The van der Waals surface area contributed by atoms with Crippen LogP contribution in [0.3, 0.4) is 0 Å². The summed E-state index contributed by atoms with van der Waals surface area (Å²) >= 11 is 12.9. The van der Waals surface area contributed by atoms with Gasteiger partial charge in [0.2, 0.25) is 11.8 Å². The van der Waals surface area contributed by atoms with Gasteiger partial charge in [0.25, 0.3) is 0 Å². The van der Waals surface area contributed by atoms with Gasteiger partial charge in [-0.3, -0.25) is 9.69 Å². The lowest BCUT2D eigenvalue weighted by Crippen LogP contribution is -2.61. The summed E-state index contributed by atoms with van der Waals surface area (Å²) in [6.07, 6.45) is 11.1. The third kappa shape index (κ3) is 7.10. The number of benzene rings is 2. The number of anilines is 1. The zero-order chi connectivity index (χ0) is 28.3. The molecule has 1 amide bonds. The molecule has 13 heteroatoms. The molecule has 0 saturated carbocycles. The number of allylic oxidation sites excluding steroid dienone is 2. The number of carbonyl (C=O) groups excluding carboxylic acids is 1. The van der Waals surface area contributed by atoms with Crippen molar-refractivity contribution in [3.63, 3.8) is 0 Å². The summed E-state index contributed by atoms with van der Waals surface area (Å²) in [5.74, 6) is 0.121. The van der Waals surface area contributed by atoms with Crippen molar-refractivity contribution in [1.82, 2.24) is 20.4 Å². The fourth-order valence-corrected chi connectivity index (χ4v) is 6.57. The van der Waals surface area contributed by atoms with Gasteiger partial charge in [0.1, 0.15) is 11.0 Å². The van der Waals surface area contributed by atoms with Crippen molar-refractivity contribution in [2.24, 2.45) is 0 Å². The number of aromatic nitrogens is 2. The van der Waals surface area contributed by atoms with Gasteiger partial charge in [-0.15, -0.1) is 29.9 Å². The number of hydrogen-bond acceptors (Lipinski definition) is 6. The number of likely N-dealkylation sites (N-methyl/N-ethyl adjacent to an activating group) is 1. The molecule has 1 saturated heterocycles. The first kappa shape index (κ1) is 39.4. The summed E-state index contributed by atoms with van der Waals surface area (Å²) in [7, 11) is 1.70. The van der Waals surface area contributed by atoms with E-state index in [0.717, 1.165) is 61.9 Å². The van der Waals surface area contributed by atoms with E-state index >= 15 is 0 Å². The van der Waals surface area contributed by atoms with Crippen LogP contribution in [0.15, 0.2) is 76.7 Å². The number of carbonyl (C=O) groups is 1. The van der Waals surface area contributed by atoms with Crippen LogP contribution >= 0.6 is 48.0 Å². The van der Waals surface area contributed by atoms with Crippen molar-refractivity contribution >= 4 is 59.9 Å². The Hall–Kier alpha value is -2.63. The number of nitrogen functional groups attached to an aromatic ring is 1. The quantitative estimate of drug-likeness (QED) is 0.298. The summed E-state index contributed by atoms with van der Waals surface area (Å²) in [5.41, 5.74) is 6.85. The maximum Gasteiger partial charge on any atom is 0.312 e. The lowest BCUT2D eigenvalue weighted by Gasteiger charge is -2.49. The van der Waals surface area contributed by atoms with E-state index < -0.39 is 11.0 Å². The highest BCUT2D eigenvalue weighted by Gasteiger charge is 2.53. The number of nitrogens with two attached hydrogens (primary N) is 1. The molecule has 2 aromatic carbocycles. The number of hydrogen-bond donors (Lipinski definition) is 2. The van der Waals surface area contributed by atoms with Crippen molar-refractivity contribution < 1.29 is 20.2 Å². The molecule has 1 aliphatic carbocycles. The number of amides is 1. The Morgan fingerprint density at radius 2 is 1.70 bits per heavy atom. The number of nitrogens with zero attached hydrogens (tertiary/aromatic N) is 3. The first-order valence-corrected chi connectivity index (χ1v) is 14.6. The van der Waals surface area contributed by atoms with Crippen molar-refractivity contribution in [3.05, 3.63) is 99.4 Å². The molecule has 1 aliphatic heterocycles. The lowest BCUT2D eigenvalue weighted by atomic mass is 9.64. The van der Waals surface area contributed by atoms with E-state index in [1.807, 2.05) is 60.7 Å². The molecule has 44 heavy (non-hydrogen) atoms. The predicted molar refractivity (Wildman–Crippen MR) is 181 cm³/mol. The third-order valence-electron chi connectivity index (χ3n) is 8.18. The molecule has 3 unspecified atom stereocenters. The SMILES string of the molecule is CCCC(C1=CC(c2ccccc2)(c2nnc(N)o2)C=CC1(C(=O)NC)N1CCCCC1)c1ccc(Cl)c(Cl)c1.Cl.Cl.O.O. The summed E-state index contributed by atoms with van der Waals surface area (Å²) in [4.78, 5) is 16.5. The standard InChI is InChI=1S/C31H35Cl2N5O2.2ClH.2H2O/c1-3-10-23(21-13-14-25(32)26(33)19-21)24-20-30(22-11-6-4-7-12-22,28-36-37-29(34)40-28)15-16-31(24,27(39)35-2)38-17-8-5-9-18-38;;;;/h4,6-7,11-16,19-20,23H,3,5,8-10,17-18H2,1-2H3,(H2,34,37)(H,35,39);2*1H;2*1H2. The minimum absolute atomic E-state index is 0. The van der Waals surface area contributed by atoms with Crippen LogP contribution < -0.4 is 11.1 Å². The minimum atomic E-state index is -1.02. The van der Waals surface area contributed by atoms with E-state index in [9.17, 15) is 4.79 Å². The van der Waals surface area contributed by atoms with Crippen LogP contribution in [0.2, 0.25) is 10.0 Å². The van der Waals surface area contributed by atoms with E-state index in [1.165, 1.54) is 0 Å². The van der Waals surface area contributed by atoms with Gasteiger partial charge in [0.15, 0.2) is 0 Å². The van der Waals surface area contributed by atoms with Crippen LogP contribution in [0, 0.1) is 0 Å². The Labute approximate surface area is 280 Å². The van der Waals surface area contributed by atoms with Crippen LogP contribution in [-0.2, 0) is 10.2 Å². The largest absolute Gasteiger partial charge is 0.412 e. The second-order valence-electron chi connectivity index (χ2n) is 10.5. The summed E-state index contributed by atoms with van der Waals surface area (Å²) in [6, 6.07) is 15.7. The molecule has 1 fully saturated rings. The monoisotopic (exact) mass is 687 g/mol. The number of halogens is 4. The molecule has 242 valence electrons. The molecule has 0 radical (unpaired) electrons. The Morgan fingerprint density at radius 3 is 2.27 bits per heavy atom. The van der Waals surface area contributed by atoms with Crippen LogP contribution in [0.5, 0.6) is 0 Å². The molecule has 5 rings (SSSR count). The second kappa shape index (κ2) is 16.6. The fraction of sp³-hybridized carbons (Fsp3) is 0.387. The Balaban J connectivity index is 0.00000242. The highest BCUT2D eigenvalue weighted by atomic mass is 35.5. The van der Waals surface area contributed by atoms with E-state index in [4.69, 9.17) is 33.4 Å². The summed E-state index contributed by atoms with van der Waals surface area (Å²) in [6.45, 7) is 3.76. The minimum Gasteiger partial charge on any atom is -0.412 e. The zero-order valence-electron chi connectivity index (χ0n) is 24.7. The van der Waals surface area contributed by atoms with Gasteiger partial charge in [-0.2, -0.15) is 0 Å². The van der Waals surface area contributed by atoms with Gasteiger partial charge in [-0.25, -0.2) is 0 Å². The zero-order valence-corrected chi connectivity index (χ0v) is 27.8. The van der Waals surface area contributed by atoms with Gasteiger partial charge in [0, 0.05) is 13.0 Å². The second-order valence-corrected chi connectivity index (χ2v) is 11.3. The first-order chi connectivity index (χ1) is 19.4. The average molecular weight is 690 g/mol. The normalized spacial score (nSPS) is 21.8. The van der Waals surface area contributed by atoms with Gasteiger partial charge in [-0.05, 0) is 61.2 Å². The molecule has 1 aromatic heterocycles. The maximum atomic E-state index is 14.2. The molecular weight excluding hydrogens is 648 g/mol. The lowest BCUT2D eigenvalue weighted by molar-refractivity contribution is -0.129. The van der Waals surface area contributed by atoms with E-state index in [2.05, 4.69) is 33.4 Å². The fourth-order valence-electron chi connectivity index (χ4n) is 6.26. The van der Waals surface area contributed by atoms with Crippen molar-refractivity contribution in [1.29, 1.82) is 0 Å². The van der Waals surface area contributed by atoms with Gasteiger partial charge in [0.05, 0.1) is 10.0 Å². The van der Waals surface area contributed by atoms with Crippen molar-refractivity contribution in [3.8, 4) is 0 Å². The Kier molecular flexibility index (Phi) is 14.9. The van der Waals surface area contributed by atoms with Crippen LogP contribution in [-0.4, -0.2) is 57.6 Å². The van der Waals surface area contributed by atoms with Crippen LogP contribution in [0.4, 0.5) is 6.01 Å². The highest BCUT2D eigenvalue weighted by molar-refractivity contribution is 6.42. The van der Waals surface area contributed by atoms with Crippen molar-refractivity contribution in [2.45, 2.75) is 55.9 Å². The molecule has 0 bridgehead atoms. The highest BCUT2D eigenvalue weighted by Crippen LogP contribution is 2.50. The molecule has 3 atom stereocenters. The summed E-state index contributed by atoms with van der Waals surface area (Å²) in [5, 5.41) is 12.3. The molecule has 2 aliphatic rings. The molecule has 0 spiro atoms. The van der Waals surface area contributed by atoms with Gasteiger partial charge < -0.3 is 26.4 Å². The third-order valence-corrected chi connectivity index (χ3v) is 8.92. The first-order valence-electron chi connectivity index (χ1n) is 13.9. The number of rotatable bonds is 8. The van der Waals surface area contributed by atoms with Crippen molar-refractivity contribution in [2.75, 3.05) is 25.9 Å². The molecule has 7 N–H and O–H groups in total. The topological polar surface area (TPSA) is 160 Å². The molecule has 2 heterocycles. The molecular formula is C31H41Cl4N5O4. The molecule has 3 aromatic rings. The van der Waals surface area contributed by atoms with Gasteiger partial charge in [-0.1, -0.05) is 103 Å². The Bertz CT molecular complexity index is 1430. The smallest absolute Gasteiger partial charge is 0.312 e. The number of nitrogens with one attached hydrogen (secondary N) is 1. The van der Waals surface area contributed by atoms with Crippen LogP contribution in [0.1, 0.15) is 62.0 Å². The van der Waals surface area contributed by atoms with E-state index in [0.29, 0.717) is 15.9 Å². The number of likely N-dealkylation sites (tertiary alicyclic amines) is 1. The summed E-state index contributed by atoms with van der Waals surface area (Å²) < 4.78 is 5.92. The van der Waals surface area contributed by atoms with E-state index in [-0.39, 0.29) is 53.6 Å². The average Bonchev–Trinajstić information content (AvgIpc) is 3.44. The van der Waals surface area contributed by atoms with Gasteiger partial charge >= 0.3 is 6.01 Å². The van der Waals surface area contributed by atoms with Crippen LogP contribution in [0.25, 0.3) is 0 Å². The predicted octanol–water partition coefficient (Wildman–Crippen LogP) is 5.49. The molecule has 9 nitrogen and oxygen atoms in total. The Morgan fingerprint density at radius 1 is 1.02 bits per heavy atom. The van der Waals surface area contributed by atoms with E-state index in [1.54, 1.807) is 7.05 Å². The maximum absolute atomic E-state index is 14.2.